The zero-order valence-corrected chi connectivity index (χ0v) is 14.4. The van der Waals surface area contributed by atoms with E-state index in [0.717, 1.165) is 18.8 Å². The molecule has 2 atom stereocenters. The molecule has 0 spiro atoms. The van der Waals surface area contributed by atoms with Crippen LogP contribution in [0.4, 0.5) is 5.69 Å². The van der Waals surface area contributed by atoms with Crippen molar-refractivity contribution in [3.05, 3.63) is 42.9 Å². The summed E-state index contributed by atoms with van der Waals surface area (Å²) in [6, 6.07) is 7.31. The molecule has 1 saturated heterocycles. The van der Waals surface area contributed by atoms with E-state index in [1.165, 1.54) is 12.8 Å². The number of rotatable bonds is 6. The molecule has 6 nitrogen and oxygen atoms in total. The SMILES string of the molecule is CC(CC(=O)Nc1cccc(Oc2cnccn2)c1)C1CCCNC1. The van der Waals surface area contributed by atoms with E-state index in [1.54, 1.807) is 24.7 Å². The van der Waals surface area contributed by atoms with Gasteiger partial charge in [0.05, 0.1) is 6.20 Å². The lowest BCUT2D eigenvalue weighted by Crippen LogP contribution is -2.34. The highest BCUT2D eigenvalue weighted by molar-refractivity contribution is 5.91. The number of nitrogens with one attached hydrogen (secondary N) is 2. The van der Waals surface area contributed by atoms with E-state index in [-0.39, 0.29) is 5.91 Å². The Morgan fingerprint density at radius 2 is 2.36 bits per heavy atom. The number of aromatic nitrogens is 2. The maximum atomic E-state index is 12.3. The molecule has 0 aliphatic carbocycles. The third-order valence-corrected chi connectivity index (χ3v) is 4.53. The van der Waals surface area contributed by atoms with Gasteiger partial charge in [-0.05, 0) is 49.9 Å². The minimum Gasteiger partial charge on any atom is -0.437 e. The second-order valence-corrected chi connectivity index (χ2v) is 6.51. The molecular formula is C19H24N4O2. The second kappa shape index (κ2) is 8.58. The third-order valence-electron chi connectivity index (χ3n) is 4.53. The maximum Gasteiger partial charge on any atom is 0.237 e. The lowest BCUT2D eigenvalue weighted by Gasteiger charge is -2.28. The van der Waals surface area contributed by atoms with Crippen molar-refractivity contribution in [2.75, 3.05) is 18.4 Å². The summed E-state index contributed by atoms with van der Waals surface area (Å²) in [5.74, 6) is 2.01. The Balaban J connectivity index is 1.55. The quantitative estimate of drug-likeness (QED) is 0.844. The Morgan fingerprint density at radius 1 is 1.44 bits per heavy atom. The number of amides is 1. The molecule has 1 aromatic carbocycles. The highest BCUT2D eigenvalue weighted by Gasteiger charge is 2.22. The molecule has 0 saturated carbocycles. The summed E-state index contributed by atoms with van der Waals surface area (Å²) in [5, 5.41) is 6.37. The van der Waals surface area contributed by atoms with Crippen molar-refractivity contribution in [3.63, 3.8) is 0 Å². The van der Waals surface area contributed by atoms with Crippen LogP contribution in [0, 0.1) is 11.8 Å². The molecule has 0 radical (unpaired) electrons. The van der Waals surface area contributed by atoms with Gasteiger partial charge in [-0.25, -0.2) is 4.98 Å². The first-order valence-electron chi connectivity index (χ1n) is 8.75. The topological polar surface area (TPSA) is 76.1 Å². The minimum atomic E-state index is 0.0368. The highest BCUT2D eigenvalue weighted by Crippen LogP contribution is 2.25. The van der Waals surface area contributed by atoms with Gasteiger partial charge in [-0.15, -0.1) is 0 Å². The summed E-state index contributed by atoms with van der Waals surface area (Å²) >= 11 is 0. The number of hydrogen-bond acceptors (Lipinski definition) is 5. The van der Waals surface area contributed by atoms with Crippen LogP contribution in [0.15, 0.2) is 42.9 Å². The van der Waals surface area contributed by atoms with E-state index in [4.69, 9.17) is 4.74 Å². The molecule has 1 fully saturated rings. The number of nitrogens with zero attached hydrogens (tertiary/aromatic N) is 2. The van der Waals surface area contributed by atoms with E-state index in [1.807, 2.05) is 18.2 Å². The largest absolute Gasteiger partial charge is 0.437 e. The smallest absolute Gasteiger partial charge is 0.237 e. The number of carbonyl (C=O) groups is 1. The Morgan fingerprint density at radius 3 is 3.12 bits per heavy atom. The van der Waals surface area contributed by atoms with E-state index < -0.39 is 0 Å². The van der Waals surface area contributed by atoms with Gasteiger partial charge in [0.15, 0.2) is 0 Å². The second-order valence-electron chi connectivity index (χ2n) is 6.51. The first kappa shape index (κ1) is 17.4. The lowest BCUT2D eigenvalue weighted by molar-refractivity contribution is -0.117. The van der Waals surface area contributed by atoms with E-state index in [0.29, 0.717) is 29.9 Å². The van der Waals surface area contributed by atoms with Crippen LogP contribution in [0.3, 0.4) is 0 Å². The van der Waals surface area contributed by atoms with Gasteiger partial charge in [0.2, 0.25) is 11.8 Å². The summed E-state index contributed by atoms with van der Waals surface area (Å²) in [5.41, 5.74) is 0.723. The zero-order valence-electron chi connectivity index (χ0n) is 14.4. The zero-order chi connectivity index (χ0) is 17.5. The number of ether oxygens (including phenoxy) is 1. The predicted octanol–water partition coefficient (Wildman–Crippen LogP) is 3.23. The van der Waals surface area contributed by atoms with Crippen molar-refractivity contribution in [2.45, 2.75) is 26.2 Å². The van der Waals surface area contributed by atoms with Gasteiger partial charge in [-0.1, -0.05) is 13.0 Å². The average Bonchev–Trinajstić information content (AvgIpc) is 2.63. The van der Waals surface area contributed by atoms with Gasteiger partial charge in [-0.3, -0.25) is 9.78 Å². The van der Waals surface area contributed by atoms with Crippen LogP contribution in [0.2, 0.25) is 0 Å². The van der Waals surface area contributed by atoms with Crippen LogP contribution >= 0.6 is 0 Å². The Hall–Kier alpha value is -2.47. The normalized spacial score (nSPS) is 18.4. The molecule has 2 N–H and O–H groups in total. The van der Waals surface area contributed by atoms with Gasteiger partial charge in [0.1, 0.15) is 5.75 Å². The van der Waals surface area contributed by atoms with Crippen molar-refractivity contribution in [2.24, 2.45) is 11.8 Å². The fourth-order valence-electron chi connectivity index (χ4n) is 3.13. The van der Waals surface area contributed by atoms with Gasteiger partial charge in [0.25, 0.3) is 0 Å². The summed E-state index contributed by atoms with van der Waals surface area (Å²) in [4.78, 5) is 20.4. The predicted molar refractivity (Wildman–Crippen MR) is 96.6 cm³/mol. The number of anilines is 1. The van der Waals surface area contributed by atoms with Crippen LogP contribution in [0.1, 0.15) is 26.2 Å². The number of carbonyl (C=O) groups excluding carboxylic acids is 1. The van der Waals surface area contributed by atoms with Crippen LogP contribution in [-0.2, 0) is 4.79 Å². The van der Waals surface area contributed by atoms with Crippen LogP contribution < -0.4 is 15.4 Å². The lowest BCUT2D eigenvalue weighted by atomic mass is 9.85. The first-order chi connectivity index (χ1) is 12.2. The van der Waals surface area contributed by atoms with Crippen molar-refractivity contribution >= 4 is 11.6 Å². The van der Waals surface area contributed by atoms with Crippen LogP contribution in [-0.4, -0.2) is 29.0 Å². The number of piperidine rings is 1. The summed E-state index contributed by atoms with van der Waals surface area (Å²) < 4.78 is 5.64. The molecular weight excluding hydrogens is 316 g/mol. The Bertz CT molecular complexity index is 687. The summed E-state index contributed by atoms with van der Waals surface area (Å²) in [6.45, 7) is 4.26. The average molecular weight is 340 g/mol. The third kappa shape index (κ3) is 5.26. The number of hydrogen-bond donors (Lipinski definition) is 2. The maximum absolute atomic E-state index is 12.3. The molecule has 6 heteroatoms. The molecule has 2 aromatic rings. The van der Waals surface area contributed by atoms with Crippen molar-refractivity contribution < 1.29 is 9.53 Å². The van der Waals surface area contributed by atoms with Gasteiger partial charge >= 0.3 is 0 Å². The molecule has 0 bridgehead atoms. The number of benzene rings is 1. The molecule has 2 unspecified atom stereocenters. The molecule has 25 heavy (non-hydrogen) atoms. The van der Waals surface area contributed by atoms with Crippen LogP contribution in [0.5, 0.6) is 11.6 Å². The fraction of sp³-hybridized carbons (Fsp3) is 0.421. The van der Waals surface area contributed by atoms with E-state index in [9.17, 15) is 4.79 Å². The first-order valence-corrected chi connectivity index (χ1v) is 8.75. The Kier molecular flexibility index (Phi) is 5.95. The summed E-state index contributed by atoms with van der Waals surface area (Å²) in [6.07, 6.45) is 7.63. The van der Waals surface area contributed by atoms with Gasteiger partial charge in [0, 0.05) is 30.6 Å². The monoisotopic (exact) mass is 340 g/mol. The van der Waals surface area contributed by atoms with Crippen molar-refractivity contribution in [3.8, 4) is 11.6 Å². The molecule has 1 amide bonds. The standard InChI is InChI=1S/C19H24N4O2/c1-14(15-4-3-7-20-12-15)10-18(24)23-16-5-2-6-17(11-16)25-19-13-21-8-9-22-19/h2,5-6,8-9,11,13-15,20H,3-4,7,10,12H2,1H3,(H,23,24). The molecule has 2 heterocycles. The molecule has 3 rings (SSSR count). The molecule has 1 aliphatic heterocycles. The van der Waals surface area contributed by atoms with Crippen molar-refractivity contribution in [1.29, 1.82) is 0 Å². The molecule has 1 aromatic heterocycles. The minimum absolute atomic E-state index is 0.0368. The highest BCUT2D eigenvalue weighted by atomic mass is 16.5. The van der Waals surface area contributed by atoms with Gasteiger partial charge < -0.3 is 15.4 Å². The van der Waals surface area contributed by atoms with Gasteiger partial charge in [-0.2, -0.15) is 0 Å². The van der Waals surface area contributed by atoms with E-state index in [2.05, 4.69) is 27.5 Å². The van der Waals surface area contributed by atoms with Crippen molar-refractivity contribution in [1.82, 2.24) is 15.3 Å². The van der Waals surface area contributed by atoms with E-state index >= 15 is 0 Å². The molecule has 1 aliphatic rings. The molecule has 132 valence electrons. The summed E-state index contributed by atoms with van der Waals surface area (Å²) in [7, 11) is 0. The van der Waals surface area contributed by atoms with Crippen LogP contribution in [0.25, 0.3) is 0 Å². The fourth-order valence-corrected chi connectivity index (χ4v) is 3.13. The Labute approximate surface area is 148 Å².